The molecule has 3 aromatic rings. The Morgan fingerprint density at radius 2 is 1.98 bits per heavy atom. The lowest BCUT2D eigenvalue weighted by Crippen LogP contribution is -2.46. The number of rotatable bonds is 9. The number of nitrogens with zero attached hydrogens (tertiary/aromatic N) is 5. The minimum absolute atomic E-state index is 0.0223. The predicted molar refractivity (Wildman–Crippen MR) is 151 cm³/mol. The Bertz CT molecular complexity index is 1480. The number of nitrogens with one attached hydrogen (secondary N) is 1. The molecule has 1 aromatic carbocycles. The zero-order chi connectivity index (χ0) is 28.4. The van der Waals surface area contributed by atoms with Gasteiger partial charge in [-0.3, -0.25) is 9.78 Å². The van der Waals surface area contributed by atoms with E-state index in [9.17, 15) is 13.6 Å². The van der Waals surface area contributed by atoms with E-state index in [4.69, 9.17) is 10.7 Å². The van der Waals surface area contributed by atoms with Gasteiger partial charge in [-0.1, -0.05) is 12.1 Å². The predicted octanol–water partition coefficient (Wildman–Crippen LogP) is 4.37. The molecule has 0 spiro atoms. The smallest absolute Gasteiger partial charge is 0.259 e. The first-order valence-corrected chi connectivity index (χ1v) is 14.8. The van der Waals surface area contributed by atoms with Gasteiger partial charge in [0.05, 0.1) is 12.2 Å². The van der Waals surface area contributed by atoms with Crippen LogP contribution in [0.5, 0.6) is 0 Å². The quantitative estimate of drug-likeness (QED) is 0.402. The van der Waals surface area contributed by atoms with Crippen molar-refractivity contribution in [2.45, 2.75) is 87.8 Å². The lowest BCUT2D eigenvalue weighted by molar-refractivity contribution is 0.00685. The summed E-state index contributed by atoms with van der Waals surface area (Å²) in [4.78, 5) is 20.7. The molecule has 8 nitrogen and oxygen atoms in total. The highest BCUT2D eigenvalue weighted by atomic mass is 19.3. The van der Waals surface area contributed by atoms with Gasteiger partial charge < -0.3 is 20.5 Å². The third kappa shape index (κ3) is 4.95. The third-order valence-electron chi connectivity index (χ3n) is 9.70. The molecule has 1 aliphatic heterocycles. The number of carbonyl (C=O) groups excluding carboxylic acids is 1. The van der Waals surface area contributed by atoms with Crippen LogP contribution >= 0.6 is 0 Å². The van der Waals surface area contributed by atoms with E-state index < -0.39 is 5.92 Å². The summed E-state index contributed by atoms with van der Waals surface area (Å²) >= 11 is 0. The van der Waals surface area contributed by atoms with Gasteiger partial charge in [0.25, 0.3) is 5.91 Å². The molecule has 0 bridgehead atoms. The van der Waals surface area contributed by atoms with E-state index >= 15 is 0 Å². The van der Waals surface area contributed by atoms with Crippen molar-refractivity contribution in [3.8, 4) is 0 Å². The topological polar surface area (TPSA) is 102 Å². The maximum atomic E-state index is 13.9. The Labute approximate surface area is 238 Å². The van der Waals surface area contributed by atoms with E-state index in [1.807, 2.05) is 34.7 Å². The second-order valence-corrected chi connectivity index (χ2v) is 12.7. The van der Waals surface area contributed by atoms with Gasteiger partial charge in [0.1, 0.15) is 12.2 Å². The third-order valence-corrected chi connectivity index (χ3v) is 9.70. The van der Waals surface area contributed by atoms with Crippen LogP contribution in [0.15, 0.2) is 36.7 Å². The highest BCUT2D eigenvalue weighted by Gasteiger charge is 2.46. The second kappa shape index (κ2) is 9.94. The summed E-state index contributed by atoms with van der Waals surface area (Å²) in [5, 5.41) is 11.7. The molecule has 1 atom stereocenters. The van der Waals surface area contributed by atoms with Crippen LogP contribution in [0.25, 0.3) is 0 Å². The molecule has 2 aromatic heterocycles. The number of hydrogen-bond acceptors (Lipinski definition) is 6. The number of hydrogen-bond donors (Lipinski definition) is 2. The zero-order valence-electron chi connectivity index (χ0n) is 23.5. The molecule has 41 heavy (non-hydrogen) atoms. The van der Waals surface area contributed by atoms with E-state index in [0.29, 0.717) is 43.5 Å². The van der Waals surface area contributed by atoms with E-state index in [-0.39, 0.29) is 30.2 Å². The Balaban J connectivity index is 1.15. The maximum Gasteiger partial charge on any atom is 0.259 e. The summed E-state index contributed by atoms with van der Waals surface area (Å²) in [5.74, 6) is -0.829. The molecule has 3 heterocycles. The number of amides is 1. The van der Waals surface area contributed by atoms with E-state index in [2.05, 4.69) is 27.6 Å². The molecule has 0 saturated heterocycles. The fourth-order valence-corrected chi connectivity index (χ4v) is 7.21. The van der Waals surface area contributed by atoms with Crippen molar-refractivity contribution in [2.75, 3.05) is 11.4 Å². The molecular formula is C31H37F2N7O. The van der Waals surface area contributed by atoms with Crippen molar-refractivity contribution in [1.29, 1.82) is 0 Å². The zero-order valence-corrected chi connectivity index (χ0v) is 23.5. The number of carbonyl (C=O) groups is 1. The van der Waals surface area contributed by atoms with Gasteiger partial charge in [-0.15, -0.1) is 10.2 Å². The van der Waals surface area contributed by atoms with Crippen molar-refractivity contribution >= 4 is 11.6 Å². The molecule has 3 N–H and O–H groups in total. The highest BCUT2D eigenvalue weighted by molar-refractivity contribution is 6.10. The first kappa shape index (κ1) is 26.6. The normalized spacial score (nSPS) is 26.8. The van der Waals surface area contributed by atoms with Crippen LogP contribution in [-0.4, -0.2) is 44.2 Å². The fraction of sp³-hybridized carbons (Fsp3) is 0.548. The largest absolute Gasteiger partial charge is 0.330 e. The fourth-order valence-electron chi connectivity index (χ4n) is 7.21. The average Bonchev–Trinajstić information content (AvgIpc) is 3.50. The van der Waals surface area contributed by atoms with Crippen LogP contribution in [0.1, 0.15) is 89.6 Å². The van der Waals surface area contributed by atoms with Crippen LogP contribution in [0.4, 0.5) is 14.5 Å². The van der Waals surface area contributed by atoms with Crippen molar-refractivity contribution in [1.82, 2.24) is 25.1 Å². The Kier molecular flexibility index (Phi) is 6.46. The first-order chi connectivity index (χ1) is 19.7. The Morgan fingerprint density at radius 1 is 1.15 bits per heavy atom. The van der Waals surface area contributed by atoms with Gasteiger partial charge in [-0.2, -0.15) is 0 Å². The number of benzene rings is 1. The van der Waals surface area contributed by atoms with Crippen LogP contribution in [0.3, 0.4) is 0 Å². The van der Waals surface area contributed by atoms with Crippen LogP contribution < -0.4 is 16.0 Å². The number of halogens is 2. The minimum atomic E-state index is -2.59. The molecule has 1 unspecified atom stereocenters. The summed E-state index contributed by atoms with van der Waals surface area (Å²) < 4.78 is 29.4. The van der Waals surface area contributed by atoms with Crippen LogP contribution in [0, 0.1) is 5.92 Å². The summed E-state index contributed by atoms with van der Waals surface area (Å²) in [5.41, 5.74) is 11.5. The summed E-state index contributed by atoms with van der Waals surface area (Å²) in [6.45, 7) is 1.56. The van der Waals surface area contributed by atoms with Gasteiger partial charge in [0.15, 0.2) is 0 Å². The van der Waals surface area contributed by atoms with E-state index in [0.717, 1.165) is 60.6 Å². The standard InChI is InChI=1S/C31H37F2N7O/c1-39-18-36-38-27(39)14-30(11-19(12-30)15-34)21-3-2-4-24(9-21)40-17-26-25(29(40)41)10-23(37-28(26)20-5-6-20)16-35-22-7-8-31(32,33)13-22/h2-4,9-10,18-20,22,35H,5-8,11-17,34H2,1H3. The molecule has 3 aliphatic carbocycles. The van der Waals surface area contributed by atoms with Gasteiger partial charge in [0.2, 0.25) is 5.92 Å². The van der Waals surface area contributed by atoms with Gasteiger partial charge in [-0.25, -0.2) is 8.78 Å². The SMILES string of the molecule is Cn1cnnc1CC1(c2cccc(N3Cc4c(cc(CNC5CCC(F)(F)C5)nc4C4CC4)C3=O)c2)CC(CN)C1. The number of alkyl halides is 2. The monoisotopic (exact) mass is 561 g/mol. The molecule has 216 valence electrons. The van der Waals surface area contributed by atoms with Gasteiger partial charge >= 0.3 is 0 Å². The Hall–Kier alpha value is -3.24. The number of aromatic nitrogens is 4. The Morgan fingerprint density at radius 3 is 2.66 bits per heavy atom. The molecule has 3 saturated carbocycles. The number of pyridine rings is 1. The minimum Gasteiger partial charge on any atom is -0.330 e. The lowest BCUT2D eigenvalue weighted by Gasteiger charge is -2.48. The molecule has 1 amide bonds. The summed E-state index contributed by atoms with van der Waals surface area (Å²) in [6.07, 6.45) is 6.85. The lowest BCUT2D eigenvalue weighted by atomic mass is 9.57. The van der Waals surface area contributed by atoms with Crippen molar-refractivity contribution < 1.29 is 13.6 Å². The molecule has 3 fully saturated rings. The van der Waals surface area contributed by atoms with Crippen molar-refractivity contribution in [2.24, 2.45) is 18.7 Å². The number of aryl methyl sites for hydroxylation is 1. The molecule has 0 radical (unpaired) electrons. The first-order valence-electron chi connectivity index (χ1n) is 14.8. The highest BCUT2D eigenvalue weighted by Crippen LogP contribution is 2.50. The van der Waals surface area contributed by atoms with E-state index in [1.165, 1.54) is 5.56 Å². The van der Waals surface area contributed by atoms with Gasteiger partial charge in [0, 0.05) is 72.7 Å². The van der Waals surface area contributed by atoms with E-state index in [1.54, 1.807) is 6.33 Å². The second-order valence-electron chi connectivity index (χ2n) is 12.7. The summed E-state index contributed by atoms with van der Waals surface area (Å²) in [7, 11) is 1.97. The molecule has 4 aliphatic rings. The van der Waals surface area contributed by atoms with Crippen molar-refractivity contribution in [3.05, 3.63) is 70.6 Å². The molecule has 10 heteroatoms. The molecule has 7 rings (SSSR count). The van der Waals surface area contributed by atoms with Crippen LogP contribution in [-0.2, 0) is 32.0 Å². The van der Waals surface area contributed by atoms with Gasteiger partial charge in [-0.05, 0) is 68.3 Å². The number of anilines is 1. The molecular weight excluding hydrogens is 524 g/mol. The average molecular weight is 562 g/mol. The van der Waals surface area contributed by atoms with Crippen molar-refractivity contribution in [3.63, 3.8) is 0 Å². The number of nitrogens with two attached hydrogens (primary N) is 1. The summed E-state index contributed by atoms with van der Waals surface area (Å²) in [6, 6.07) is 10.0. The number of fused-ring (bicyclic) bond motifs is 1. The maximum absolute atomic E-state index is 13.9. The van der Waals surface area contributed by atoms with Crippen LogP contribution in [0.2, 0.25) is 0 Å².